The van der Waals surface area contributed by atoms with Crippen molar-refractivity contribution >= 4 is 18.3 Å². The van der Waals surface area contributed by atoms with Crippen molar-refractivity contribution in [2.45, 2.75) is 63.5 Å². The van der Waals surface area contributed by atoms with Gasteiger partial charge in [0.15, 0.2) is 0 Å². The lowest BCUT2D eigenvalue weighted by Gasteiger charge is -2.34. The van der Waals surface area contributed by atoms with Gasteiger partial charge in [-0.2, -0.15) is 0 Å². The van der Waals surface area contributed by atoms with Gasteiger partial charge < -0.3 is 15.0 Å². The Hall–Kier alpha value is -0.320. The van der Waals surface area contributed by atoms with E-state index in [1.54, 1.807) is 0 Å². The second kappa shape index (κ2) is 8.35. The van der Waals surface area contributed by atoms with Crippen molar-refractivity contribution in [2.24, 2.45) is 5.92 Å². The summed E-state index contributed by atoms with van der Waals surface area (Å²) in [6, 6.07) is 0.630. The molecule has 0 aromatic heterocycles. The van der Waals surface area contributed by atoms with Crippen molar-refractivity contribution < 1.29 is 9.53 Å². The molecule has 2 saturated heterocycles. The molecule has 3 fully saturated rings. The van der Waals surface area contributed by atoms with Gasteiger partial charge in [0.1, 0.15) is 0 Å². The lowest BCUT2D eigenvalue weighted by molar-refractivity contribution is -0.136. The number of ether oxygens (including phenoxy) is 1. The maximum atomic E-state index is 12.3. The first-order valence-electron chi connectivity index (χ1n) is 8.44. The fourth-order valence-corrected chi connectivity index (χ4v) is 3.28. The summed E-state index contributed by atoms with van der Waals surface area (Å²) in [6.45, 7) is 3.88. The smallest absolute Gasteiger partial charge is 0.225 e. The maximum absolute atomic E-state index is 12.3. The number of piperidine rings is 1. The van der Waals surface area contributed by atoms with Crippen LogP contribution < -0.4 is 5.32 Å². The highest BCUT2D eigenvalue weighted by atomic mass is 35.5. The summed E-state index contributed by atoms with van der Waals surface area (Å²) in [5.41, 5.74) is 0. The second-order valence-electron chi connectivity index (χ2n) is 6.70. The third-order valence-corrected chi connectivity index (χ3v) is 4.92. The molecule has 1 saturated carbocycles. The molecular weight excluding hydrogens is 288 g/mol. The highest BCUT2D eigenvalue weighted by molar-refractivity contribution is 5.85. The Morgan fingerprint density at radius 1 is 1.10 bits per heavy atom. The number of nitrogens with one attached hydrogen (secondary N) is 1. The molecule has 4 nitrogen and oxygen atoms in total. The van der Waals surface area contributed by atoms with E-state index in [1.165, 1.54) is 25.8 Å². The average molecular weight is 317 g/mol. The van der Waals surface area contributed by atoms with E-state index in [4.69, 9.17) is 4.74 Å². The van der Waals surface area contributed by atoms with E-state index in [2.05, 4.69) is 5.32 Å². The summed E-state index contributed by atoms with van der Waals surface area (Å²) in [5, 5.41) is 3.66. The Bertz CT molecular complexity index is 322. The molecule has 0 bridgehead atoms. The Balaban J connectivity index is 0.00000161. The molecule has 0 radical (unpaired) electrons. The molecule has 1 N–H and O–H groups in total. The molecule has 1 amide bonds. The number of amides is 1. The van der Waals surface area contributed by atoms with E-state index in [1.807, 2.05) is 4.90 Å². The Labute approximate surface area is 134 Å². The van der Waals surface area contributed by atoms with Crippen molar-refractivity contribution in [3.05, 3.63) is 0 Å². The minimum atomic E-state index is 0. The van der Waals surface area contributed by atoms with Crippen LogP contribution in [0.5, 0.6) is 0 Å². The van der Waals surface area contributed by atoms with Crippen molar-refractivity contribution in [1.82, 2.24) is 10.2 Å². The molecule has 0 aromatic carbocycles. The van der Waals surface area contributed by atoms with Gasteiger partial charge in [-0.25, -0.2) is 0 Å². The van der Waals surface area contributed by atoms with Gasteiger partial charge in [-0.1, -0.05) is 0 Å². The minimum Gasteiger partial charge on any atom is -0.378 e. The summed E-state index contributed by atoms with van der Waals surface area (Å²) in [5.74, 6) is 1.25. The lowest BCUT2D eigenvalue weighted by atomic mass is 10.0. The van der Waals surface area contributed by atoms with Crippen LogP contribution >= 0.6 is 12.4 Å². The number of halogens is 1. The van der Waals surface area contributed by atoms with Gasteiger partial charge in [-0.05, 0) is 57.4 Å². The van der Waals surface area contributed by atoms with Crippen LogP contribution in [-0.2, 0) is 9.53 Å². The number of hydrogen-bond donors (Lipinski definition) is 1. The number of carbonyl (C=O) groups is 1. The van der Waals surface area contributed by atoms with Crippen LogP contribution in [0.4, 0.5) is 0 Å². The van der Waals surface area contributed by atoms with E-state index in [0.29, 0.717) is 18.4 Å². The summed E-state index contributed by atoms with van der Waals surface area (Å²) in [4.78, 5) is 14.3. The molecule has 0 spiro atoms. The number of nitrogens with zero attached hydrogens (tertiary/aromatic N) is 1. The van der Waals surface area contributed by atoms with E-state index in [9.17, 15) is 4.79 Å². The van der Waals surface area contributed by atoms with Crippen molar-refractivity contribution in [1.29, 1.82) is 0 Å². The molecule has 1 aliphatic carbocycles. The van der Waals surface area contributed by atoms with Crippen LogP contribution in [0.2, 0.25) is 0 Å². The standard InChI is InChI=1S/C16H28N2O2.ClH/c19-16(11-15-3-1-2-10-20-15)18-8-6-14(7-9-18)17-12-13-4-5-13;/h13-15,17H,1-12H2;1H. The topological polar surface area (TPSA) is 41.6 Å². The third kappa shape index (κ3) is 5.42. The molecule has 0 aromatic rings. The summed E-state index contributed by atoms with van der Waals surface area (Å²) < 4.78 is 5.67. The summed E-state index contributed by atoms with van der Waals surface area (Å²) in [6.07, 6.45) is 9.26. The number of hydrogen-bond acceptors (Lipinski definition) is 3. The Morgan fingerprint density at radius 3 is 2.48 bits per heavy atom. The van der Waals surface area contributed by atoms with Gasteiger partial charge in [0.25, 0.3) is 0 Å². The molecule has 3 rings (SSSR count). The number of rotatable bonds is 5. The van der Waals surface area contributed by atoms with E-state index >= 15 is 0 Å². The van der Waals surface area contributed by atoms with Crippen LogP contribution in [0, 0.1) is 5.92 Å². The number of carbonyl (C=O) groups excluding carboxylic acids is 1. The van der Waals surface area contributed by atoms with Crippen LogP contribution in [0.3, 0.4) is 0 Å². The fraction of sp³-hybridized carbons (Fsp3) is 0.938. The fourth-order valence-electron chi connectivity index (χ4n) is 3.28. The summed E-state index contributed by atoms with van der Waals surface area (Å²) >= 11 is 0. The Kier molecular flexibility index (Phi) is 6.77. The van der Waals surface area contributed by atoms with Gasteiger partial charge in [0.05, 0.1) is 12.5 Å². The van der Waals surface area contributed by atoms with Gasteiger partial charge in [-0.3, -0.25) is 4.79 Å². The highest BCUT2D eigenvalue weighted by Gasteiger charge is 2.27. The van der Waals surface area contributed by atoms with Crippen molar-refractivity contribution in [2.75, 3.05) is 26.2 Å². The van der Waals surface area contributed by atoms with E-state index in [-0.39, 0.29) is 18.5 Å². The minimum absolute atomic E-state index is 0. The Morgan fingerprint density at radius 2 is 1.86 bits per heavy atom. The molecule has 2 heterocycles. The molecule has 2 aliphatic heterocycles. The first kappa shape index (κ1) is 17.0. The summed E-state index contributed by atoms with van der Waals surface area (Å²) in [7, 11) is 0. The van der Waals surface area contributed by atoms with Gasteiger partial charge in [0.2, 0.25) is 5.91 Å². The molecule has 5 heteroatoms. The zero-order valence-electron chi connectivity index (χ0n) is 12.9. The first-order valence-corrected chi connectivity index (χ1v) is 8.44. The zero-order chi connectivity index (χ0) is 13.8. The zero-order valence-corrected chi connectivity index (χ0v) is 13.7. The third-order valence-electron chi connectivity index (χ3n) is 4.92. The van der Waals surface area contributed by atoms with E-state index in [0.717, 1.165) is 51.3 Å². The molecule has 3 aliphatic rings. The van der Waals surface area contributed by atoms with E-state index < -0.39 is 0 Å². The number of likely N-dealkylation sites (tertiary alicyclic amines) is 1. The normalized spacial score (nSPS) is 27.2. The van der Waals surface area contributed by atoms with Crippen LogP contribution in [0.1, 0.15) is 51.4 Å². The SMILES string of the molecule is Cl.O=C(CC1CCCCO1)N1CCC(NCC2CC2)CC1. The molecule has 1 atom stereocenters. The first-order chi connectivity index (χ1) is 9.81. The van der Waals surface area contributed by atoms with Gasteiger partial charge in [0, 0.05) is 25.7 Å². The van der Waals surface area contributed by atoms with Crippen LogP contribution in [-0.4, -0.2) is 49.2 Å². The monoisotopic (exact) mass is 316 g/mol. The lowest BCUT2D eigenvalue weighted by Crippen LogP contribution is -2.46. The maximum Gasteiger partial charge on any atom is 0.225 e. The molecular formula is C16H29ClN2O2. The molecule has 21 heavy (non-hydrogen) atoms. The van der Waals surface area contributed by atoms with Crippen molar-refractivity contribution in [3.8, 4) is 0 Å². The molecule has 122 valence electrons. The van der Waals surface area contributed by atoms with Gasteiger partial charge in [-0.15, -0.1) is 12.4 Å². The quantitative estimate of drug-likeness (QED) is 0.846. The molecule has 1 unspecified atom stereocenters. The average Bonchev–Trinajstić information content (AvgIpc) is 3.31. The van der Waals surface area contributed by atoms with Crippen molar-refractivity contribution in [3.63, 3.8) is 0 Å². The highest BCUT2D eigenvalue weighted by Crippen LogP contribution is 2.28. The predicted molar refractivity (Wildman–Crippen MR) is 85.8 cm³/mol. The second-order valence-corrected chi connectivity index (χ2v) is 6.70. The predicted octanol–water partition coefficient (Wildman–Crippen LogP) is 2.36. The van der Waals surface area contributed by atoms with Crippen LogP contribution in [0.25, 0.3) is 0 Å². The largest absolute Gasteiger partial charge is 0.378 e. The van der Waals surface area contributed by atoms with Crippen LogP contribution in [0.15, 0.2) is 0 Å². The van der Waals surface area contributed by atoms with Gasteiger partial charge >= 0.3 is 0 Å².